The van der Waals surface area contributed by atoms with Crippen LogP contribution in [0, 0.1) is 0 Å². The average Bonchev–Trinajstić information content (AvgIpc) is 2.59. The second-order valence-electron chi connectivity index (χ2n) is 3.80. The first kappa shape index (κ1) is 8.00. The maximum Gasteiger partial charge on any atom is 0.137 e. The first-order valence-corrected chi connectivity index (χ1v) is 5.05. The molecule has 1 atom stereocenters. The molecule has 2 aromatic rings. The van der Waals surface area contributed by atoms with Crippen molar-refractivity contribution in [3.05, 3.63) is 35.8 Å². The monoisotopic (exact) mass is 187 g/mol. The molecule has 1 aliphatic heterocycles. The zero-order valence-electron chi connectivity index (χ0n) is 8.20. The Bertz CT molecular complexity index is 472. The molecule has 3 heteroatoms. The van der Waals surface area contributed by atoms with Gasteiger partial charge in [0.25, 0.3) is 0 Å². The predicted molar refractivity (Wildman–Crippen MR) is 55.3 cm³/mol. The molecule has 0 aliphatic carbocycles. The van der Waals surface area contributed by atoms with E-state index in [-0.39, 0.29) is 0 Å². The summed E-state index contributed by atoms with van der Waals surface area (Å²) >= 11 is 0. The third-order valence-electron chi connectivity index (χ3n) is 2.88. The highest BCUT2D eigenvalue weighted by Crippen LogP contribution is 2.22. The fourth-order valence-electron chi connectivity index (χ4n) is 2.16. The van der Waals surface area contributed by atoms with Crippen molar-refractivity contribution < 1.29 is 0 Å². The number of pyridine rings is 1. The molecule has 0 saturated heterocycles. The van der Waals surface area contributed by atoms with Gasteiger partial charge >= 0.3 is 0 Å². The fraction of sp³-hybridized carbons (Fsp3) is 0.364. The van der Waals surface area contributed by atoms with Crippen LogP contribution in [0.1, 0.15) is 24.4 Å². The van der Waals surface area contributed by atoms with Crippen LogP contribution in [-0.4, -0.2) is 15.9 Å². The van der Waals surface area contributed by atoms with Crippen LogP contribution in [0.2, 0.25) is 0 Å². The van der Waals surface area contributed by atoms with E-state index in [0.717, 1.165) is 18.6 Å². The highest BCUT2D eigenvalue weighted by molar-refractivity contribution is 5.44. The van der Waals surface area contributed by atoms with E-state index in [2.05, 4.69) is 40.0 Å². The van der Waals surface area contributed by atoms with Gasteiger partial charge in [0.1, 0.15) is 5.65 Å². The Kier molecular flexibility index (Phi) is 1.61. The van der Waals surface area contributed by atoms with Crippen molar-refractivity contribution in [1.29, 1.82) is 0 Å². The topological polar surface area (TPSA) is 29.3 Å². The molecule has 1 aliphatic rings. The zero-order chi connectivity index (χ0) is 9.54. The first-order chi connectivity index (χ1) is 6.86. The largest absolute Gasteiger partial charge is 0.308 e. The first-order valence-electron chi connectivity index (χ1n) is 5.05. The molecule has 3 rings (SSSR count). The van der Waals surface area contributed by atoms with Crippen molar-refractivity contribution >= 4 is 5.65 Å². The smallest absolute Gasteiger partial charge is 0.137 e. The van der Waals surface area contributed by atoms with Crippen molar-refractivity contribution in [1.82, 2.24) is 14.7 Å². The van der Waals surface area contributed by atoms with Gasteiger partial charge < -0.3 is 9.72 Å². The van der Waals surface area contributed by atoms with Gasteiger partial charge in [0.15, 0.2) is 0 Å². The molecule has 72 valence electrons. The zero-order valence-corrected chi connectivity index (χ0v) is 8.20. The van der Waals surface area contributed by atoms with Crippen molar-refractivity contribution in [2.24, 2.45) is 0 Å². The number of rotatable bonds is 0. The second kappa shape index (κ2) is 2.82. The van der Waals surface area contributed by atoms with Crippen LogP contribution >= 0.6 is 0 Å². The lowest BCUT2D eigenvalue weighted by molar-refractivity contribution is 0.524. The van der Waals surface area contributed by atoms with Crippen molar-refractivity contribution in [3.8, 4) is 0 Å². The number of nitrogens with zero attached hydrogens (tertiary/aromatic N) is 2. The Morgan fingerprint density at radius 2 is 2.43 bits per heavy atom. The predicted octanol–water partition coefficient (Wildman–Crippen LogP) is 1.54. The lowest BCUT2D eigenvalue weighted by Crippen LogP contribution is -2.28. The van der Waals surface area contributed by atoms with E-state index in [1.165, 1.54) is 11.4 Å². The minimum Gasteiger partial charge on any atom is -0.308 e. The Labute approximate surface area is 82.8 Å². The normalized spacial score (nSPS) is 21.1. The summed E-state index contributed by atoms with van der Waals surface area (Å²) in [6, 6.07) is 6.54. The van der Waals surface area contributed by atoms with E-state index in [1.54, 1.807) is 0 Å². The lowest BCUT2D eigenvalue weighted by atomic mass is 10.1. The highest BCUT2D eigenvalue weighted by Gasteiger charge is 2.20. The van der Waals surface area contributed by atoms with Crippen LogP contribution in [0.5, 0.6) is 0 Å². The summed E-state index contributed by atoms with van der Waals surface area (Å²) in [5, 5.41) is 3.42. The summed E-state index contributed by atoms with van der Waals surface area (Å²) in [5.41, 5.74) is 3.64. The molecule has 0 radical (unpaired) electrons. The number of nitrogens with one attached hydrogen (secondary N) is 1. The Morgan fingerprint density at radius 3 is 3.36 bits per heavy atom. The molecule has 1 N–H and O–H groups in total. The van der Waals surface area contributed by atoms with Crippen LogP contribution in [0.4, 0.5) is 0 Å². The molecule has 0 saturated carbocycles. The lowest BCUT2D eigenvalue weighted by Gasteiger charge is -2.19. The van der Waals surface area contributed by atoms with Gasteiger partial charge in [-0.2, -0.15) is 0 Å². The molecule has 0 aromatic carbocycles. The standard InChI is InChI=1S/C11H13N3/c1-8-11-9(5-6-12-8)14-7-3-2-4-10(14)13-11/h2-4,7-8,12H,5-6H2,1H3. The van der Waals surface area contributed by atoms with Crippen molar-refractivity contribution in [3.63, 3.8) is 0 Å². The van der Waals surface area contributed by atoms with E-state index >= 15 is 0 Å². The maximum atomic E-state index is 4.63. The summed E-state index contributed by atoms with van der Waals surface area (Å²) < 4.78 is 2.20. The van der Waals surface area contributed by atoms with Gasteiger partial charge in [-0.3, -0.25) is 0 Å². The molecular weight excluding hydrogens is 174 g/mol. The van der Waals surface area contributed by atoms with Crippen LogP contribution in [-0.2, 0) is 6.42 Å². The van der Waals surface area contributed by atoms with Crippen molar-refractivity contribution in [2.75, 3.05) is 6.54 Å². The summed E-state index contributed by atoms with van der Waals surface area (Å²) in [7, 11) is 0. The molecule has 1 unspecified atom stereocenters. The minimum atomic E-state index is 0.388. The summed E-state index contributed by atoms with van der Waals surface area (Å²) in [5.74, 6) is 0. The van der Waals surface area contributed by atoms with E-state index < -0.39 is 0 Å². The highest BCUT2D eigenvalue weighted by atomic mass is 15.1. The van der Waals surface area contributed by atoms with Gasteiger partial charge in [0.05, 0.1) is 5.69 Å². The molecule has 3 heterocycles. The third-order valence-corrected chi connectivity index (χ3v) is 2.88. The third kappa shape index (κ3) is 0.990. The van der Waals surface area contributed by atoms with E-state index in [1.807, 2.05) is 6.07 Å². The van der Waals surface area contributed by atoms with Crippen LogP contribution < -0.4 is 5.32 Å². The summed E-state index contributed by atoms with van der Waals surface area (Å²) in [4.78, 5) is 4.63. The SMILES string of the molecule is CC1NCCc2c1nc1ccccn21. The Morgan fingerprint density at radius 1 is 1.50 bits per heavy atom. The number of imidazole rings is 1. The van der Waals surface area contributed by atoms with Crippen molar-refractivity contribution in [2.45, 2.75) is 19.4 Å². The number of hydrogen-bond acceptors (Lipinski definition) is 2. The van der Waals surface area contributed by atoms with Gasteiger partial charge in [0, 0.05) is 30.9 Å². The molecular formula is C11H13N3. The van der Waals surface area contributed by atoms with E-state index in [9.17, 15) is 0 Å². The van der Waals surface area contributed by atoms with Gasteiger partial charge in [-0.05, 0) is 19.1 Å². The average molecular weight is 187 g/mol. The number of hydrogen-bond donors (Lipinski definition) is 1. The van der Waals surface area contributed by atoms with Gasteiger partial charge in [-0.25, -0.2) is 4.98 Å². The summed E-state index contributed by atoms with van der Waals surface area (Å²) in [6.45, 7) is 3.22. The molecule has 0 bridgehead atoms. The van der Waals surface area contributed by atoms with Crippen LogP contribution in [0.25, 0.3) is 5.65 Å². The molecule has 3 nitrogen and oxygen atoms in total. The maximum absolute atomic E-state index is 4.63. The molecule has 0 fully saturated rings. The minimum absolute atomic E-state index is 0.388. The number of fused-ring (bicyclic) bond motifs is 3. The van der Waals surface area contributed by atoms with E-state index in [0.29, 0.717) is 6.04 Å². The number of aromatic nitrogens is 2. The van der Waals surface area contributed by atoms with Gasteiger partial charge in [0.2, 0.25) is 0 Å². The molecule has 0 spiro atoms. The Balaban J connectivity index is 2.32. The van der Waals surface area contributed by atoms with Gasteiger partial charge in [-0.15, -0.1) is 0 Å². The van der Waals surface area contributed by atoms with Crippen LogP contribution in [0.15, 0.2) is 24.4 Å². The molecule has 0 amide bonds. The fourth-order valence-corrected chi connectivity index (χ4v) is 2.16. The van der Waals surface area contributed by atoms with E-state index in [4.69, 9.17) is 0 Å². The molecule has 14 heavy (non-hydrogen) atoms. The second-order valence-corrected chi connectivity index (χ2v) is 3.80. The quantitative estimate of drug-likeness (QED) is 0.678. The molecule has 2 aromatic heterocycles. The summed E-state index contributed by atoms with van der Waals surface area (Å²) in [6.07, 6.45) is 3.17. The Hall–Kier alpha value is -1.35. The van der Waals surface area contributed by atoms with Gasteiger partial charge in [-0.1, -0.05) is 6.07 Å². The van der Waals surface area contributed by atoms with Crippen LogP contribution in [0.3, 0.4) is 0 Å².